The fourth-order valence-corrected chi connectivity index (χ4v) is 3.92. The zero-order valence-corrected chi connectivity index (χ0v) is 15.4. The summed E-state index contributed by atoms with van der Waals surface area (Å²) in [5, 5.41) is 0. The van der Waals surface area contributed by atoms with E-state index in [1.54, 1.807) is 0 Å². The molecule has 0 amide bonds. The first-order chi connectivity index (χ1) is 12.1. The van der Waals surface area contributed by atoms with Gasteiger partial charge in [-0.05, 0) is 49.8 Å². The van der Waals surface area contributed by atoms with Gasteiger partial charge < -0.3 is 9.55 Å². The van der Waals surface area contributed by atoms with Crippen molar-refractivity contribution in [1.82, 2.24) is 19.4 Å². The van der Waals surface area contributed by atoms with Crippen molar-refractivity contribution in [3.63, 3.8) is 0 Å². The number of benzene rings is 1. The predicted molar refractivity (Wildman–Crippen MR) is 102 cm³/mol. The molecule has 2 aromatic heterocycles. The molecule has 5 heteroatoms. The lowest BCUT2D eigenvalue weighted by molar-refractivity contribution is 0.242. The van der Waals surface area contributed by atoms with Crippen molar-refractivity contribution < 1.29 is 0 Å². The second-order valence-electron chi connectivity index (χ2n) is 6.72. The van der Waals surface area contributed by atoms with Crippen LogP contribution in [0.1, 0.15) is 28.2 Å². The van der Waals surface area contributed by atoms with E-state index in [1.807, 2.05) is 6.20 Å². The topological polar surface area (TPSA) is 36.9 Å². The molecule has 0 bridgehead atoms. The van der Waals surface area contributed by atoms with E-state index in [0.29, 0.717) is 4.77 Å². The maximum absolute atomic E-state index is 5.13. The molecule has 0 spiro atoms. The fourth-order valence-electron chi connectivity index (χ4n) is 3.74. The van der Waals surface area contributed by atoms with Crippen LogP contribution in [0.5, 0.6) is 0 Å². The zero-order valence-electron chi connectivity index (χ0n) is 14.6. The second-order valence-corrected chi connectivity index (χ2v) is 7.11. The highest BCUT2D eigenvalue weighted by Crippen LogP contribution is 2.24. The molecular weight excluding hydrogens is 328 g/mol. The smallest absolute Gasteiger partial charge is 0.196 e. The van der Waals surface area contributed by atoms with Gasteiger partial charge in [-0.15, -0.1) is 0 Å². The average molecular weight is 350 g/mol. The van der Waals surface area contributed by atoms with Crippen molar-refractivity contribution in [3.05, 3.63) is 75.6 Å². The zero-order chi connectivity index (χ0) is 17.4. The van der Waals surface area contributed by atoms with Gasteiger partial charge in [0, 0.05) is 60.6 Å². The van der Waals surface area contributed by atoms with Crippen LogP contribution >= 0.6 is 12.2 Å². The van der Waals surface area contributed by atoms with E-state index in [1.165, 1.54) is 33.9 Å². The maximum atomic E-state index is 5.13. The highest BCUT2D eigenvalue weighted by atomic mass is 32.1. The van der Waals surface area contributed by atoms with Gasteiger partial charge in [-0.25, -0.2) is 4.98 Å². The van der Waals surface area contributed by atoms with E-state index in [4.69, 9.17) is 12.2 Å². The van der Waals surface area contributed by atoms with Crippen LogP contribution in [0, 0.1) is 18.6 Å². The van der Waals surface area contributed by atoms with Gasteiger partial charge in [-0.1, -0.05) is 18.2 Å². The Morgan fingerprint density at radius 1 is 1.20 bits per heavy atom. The monoisotopic (exact) mass is 350 g/mol. The molecule has 4 nitrogen and oxygen atoms in total. The van der Waals surface area contributed by atoms with Crippen molar-refractivity contribution >= 4 is 12.2 Å². The number of aromatic amines is 1. The van der Waals surface area contributed by atoms with Crippen LogP contribution in [-0.2, 0) is 19.5 Å². The lowest BCUT2D eigenvalue weighted by Gasteiger charge is -2.28. The number of fused-ring (bicyclic) bond motifs is 1. The van der Waals surface area contributed by atoms with Crippen LogP contribution in [0.15, 0.2) is 42.6 Å². The Kier molecular flexibility index (Phi) is 4.27. The molecule has 3 heterocycles. The Balaban J connectivity index is 1.58. The van der Waals surface area contributed by atoms with Crippen LogP contribution in [0.2, 0.25) is 0 Å². The first kappa shape index (κ1) is 16.2. The van der Waals surface area contributed by atoms with Crippen LogP contribution in [0.4, 0.5) is 0 Å². The maximum Gasteiger partial charge on any atom is 0.196 e. The van der Waals surface area contributed by atoms with Crippen LogP contribution < -0.4 is 0 Å². The Morgan fingerprint density at radius 3 is 2.80 bits per heavy atom. The summed E-state index contributed by atoms with van der Waals surface area (Å²) in [5.41, 5.74) is 7.72. The summed E-state index contributed by atoms with van der Waals surface area (Å²) in [4.78, 5) is 9.95. The number of para-hydroxylation sites is 1. The van der Waals surface area contributed by atoms with Gasteiger partial charge >= 0.3 is 0 Å². The third kappa shape index (κ3) is 3.17. The molecule has 0 aliphatic carbocycles. The normalized spacial score (nSPS) is 14.5. The summed E-state index contributed by atoms with van der Waals surface area (Å²) in [6.07, 6.45) is 2.92. The highest BCUT2D eigenvalue weighted by Gasteiger charge is 2.19. The Bertz CT molecular complexity index is 956. The summed E-state index contributed by atoms with van der Waals surface area (Å²) >= 11 is 5.13. The summed E-state index contributed by atoms with van der Waals surface area (Å²) in [6.45, 7) is 7.31. The quantitative estimate of drug-likeness (QED) is 0.723. The molecule has 1 aliphatic heterocycles. The van der Waals surface area contributed by atoms with Crippen LogP contribution in [0.25, 0.3) is 5.69 Å². The Morgan fingerprint density at radius 2 is 2.00 bits per heavy atom. The molecule has 1 aromatic carbocycles. The van der Waals surface area contributed by atoms with Gasteiger partial charge in [0.15, 0.2) is 4.77 Å². The van der Waals surface area contributed by atoms with Crippen molar-refractivity contribution in [2.24, 2.45) is 0 Å². The number of H-pyrrole nitrogens is 1. The molecule has 0 saturated carbocycles. The van der Waals surface area contributed by atoms with Crippen LogP contribution in [0.3, 0.4) is 0 Å². The van der Waals surface area contributed by atoms with E-state index in [-0.39, 0.29) is 0 Å². The molecule has 25 heavy (non-hydrogen) atoms. The second kappa shape index (κ2) is 6.58. The lowest BCUT2D eigenvalue weighted by atomic mass is 10.1. The number of hydrogen-bond donors (Lipinski definition) is 1. The number of hydrogen-bond acceptors (Lipinski definition) is 3. The van der Waals surface area contributed by atoms with Gasteiger partial charge in [0.25, 0.3) is 0 Å². The van der Waals surface area contributed by atoms with Crippen molar-refractivity contribution in [2.75, 3.05) is 6.54 Å². The lowest BCUT2D eigenvalue weighted by Crippen LogP contribution is -2.31. The molecular formula is C20H22N4S. The number of aromatic nitrogens is 3. The number of rotatable bonds is 3. The minimum absolute atomic E-state index is 0.582. The molecule has 1 N–H and O–H groups in total. The van der Waals surface area contributed by atoms with Gasteiger partial charge in [0.2, 0.25) is 0 Å². The molecule has 128 valence electrons. The van der Waals surface area contributed by atoms with Gasteiger partial charge in [0.05, 0.1) is 0 Å². The molecule has 4 rings (SSSR count). The molecule has 0 radical (unpaired) electrons. The first-order valence-corrected chi connectivity index (χ1v) is 9.05. The average Bonchev–Trinajstić information content (AvgIpc) is 2.89. The molecule has 0 fully saturated rings. The van der Waals surface area contributed by atoms with Gasteiger partial charge in [-0.3, -0.25) is 4.90 Å². The minimum Gasteiger partial charge on any atom is -0.334 e. The van der Waals surface area contributed by atoms with E-state index >= 15 is 0 Å². The Labute approximate surface area is 153 Å². The highest BCUT2D eigenvalue weighted by molar-refractivity contribution is 7.71. The summed E-state index contributed by atoms with van der Waals surface area (Å²) < 4.78 is 2.92. The SMILES string of the molecule is Cc1cc(CN2CCc3[nH]c(=S)ncc3C2)c(C)n1-c1ccccc1. The van der Waals surface area contributed by atoms with Gasteiger partial charge in [-0.2, -0.15) is 0 Å². The molecule has 0 saturated heterocycles. The molecule has 3 aromatic rings. The number of nitrogens with zero attached hydrogens (tertiary/aromatic N) is 3. The van der Waals surface area contributed by atoms with E-state index in [9.17, 15) is 0 Å². The minimum atomic E-state index is 0.582. The fraction of sp³-hybridized carbons (Fsp3) is 0.300. The van der Waals surface area contributed by atoms with E-state index in [0.717, 1.165) is 26.1 Å². The summed E-state index contributed by atoms with van der Waals surface area (Å²) in [5.74, 6) is 0. The predicted octanol–water partition coefficient (Wildman–Crippen LogP) is 4.11. The molecule has 0 unspecified atom stereocenters. The van der Waals surface area contributed by atoms with Crippen LogP contribution in [-0.4, -0.2) is 26.0 Å². The first-order valence-electron chi connectivity index (χ1n) is 8.64. The third-order valence-electron chi connectivity index (χ3n) is 5.00. The molecule has 1 aliphatic rings. The van der Waals surface area contributed by atoms with E-state index in [2.05, 4.69) is 69.7 Å². The van der Waals surface area contributed by atoms with E-state index < -0.39 is 0 Å². The molecule has 0 atom stereocenters. The number of aryl methyl sites for hydroxylation is 1. The van der Waals surface area contributed by atoms with Crippen molar-refractivity contribution in [1.29, 1.82) is 0 Å². The standard InChI is InChI=1S/C20H22N4S/c1-14-10-16(15(2)24(14)18-6-4-3-5-7-18)12-23-9-8-19-17(13-23)11-21-20(25)22-19/h3-7,10-11H,8-9,12-13H2,1-2H3,(H,21,22,25). The largest absolute Gasteiger partial charge is 0.334 e. The summed E-state index contributed by atoms with van der Waals surface area (Å²) in [7, 11) is 0. The summed E-state index contributed by atoms with van der Waals surface area (Å²) in [6, 6.07) is 12.9. The Hall–Kier alpha value is -2.24. The van der Waals surface area contributed by atoms with Crippen molar-refractivity contribution in [3.8, 4) is 5.69 Å². The third-order valence-corrected chi connectivity index (χ3v) is 5.21. The van der Waals surface area contributed by atoms with Crippen molar-refractivity contribution in [2.45, 2.75) is 33.4 Å². The number of nitrogens with one attached hydrogen (secondary N) is 1. The van der Waals surface area contributed by atoms with Gasteiger partial charge in [0.1, 0.15) is 0 Å².